The first-order valence-electron chi connectivity index (χ1n) is 5.54. The Kier molecular flexibility index (Phi) is 4.30. The molecule has 0 unspecified atom stereocenters. The fraction of sp³-hybridized carbons (Fsp3) is 0. The predicted molar refractivity (Wildman–Crippen MR) is 77.3 cm³/mol. The quantitative estimate of drug-likeness (QED) is 0.675. The van der Waals surface area contributed by atoms with E-state index in [1.807, 2.05) is 24.3 Å². The van der Waals surface area contributed by atoms with Crippen molar-refractivity contribution in [3.05, 3.63) is 64.1 Å². The van der Waals surface area contributed by atoms with Crippen molar-refractivity contribution in [3.63, 3.8) is 0 Å². The number of phenols is 1. The van der Waals surface area contributed by atoms with Crippen LogP contribution >= 0.6 is 15.9 Å². The molecule has 2 N–H and O–H groups in total. The van der Waals surface area contributed by atoms with Crippen molar-refractivity contribution in [3.8, 4) is 5.75 Å². The average Bonchev–Trinajstić information content (AvgIpc) is 2.41. The molecule has 0 spiro atoms. The standard InChI is InChI=1S/C14H11BrN2O2/c15-11-7-5-10(6-8-11)9-16-17-14(19)12-3-1-2-4-13(12)18/h1-9,18H,(H,17,19)/b16-9-. The molecular weight excluding hydrogens is 308 g/mol. The molecule has 96 valence electrons. The molecule has 0 fully saturated rings. The van der Waals surface area contributed by atoms with Crippen molar-refractivity contribution in [1.82, 2.24) is 5.43 Å². The van der Waals surface area contributed by atoms with Crippen LogP contribution < -0.4 is 5.43 Å². The smallest absolute Gasteiger partial charge is 0.275 e. The number of hydrogen-bond acceptors (Lipinski definition) is 3. The number of benzene rings is 2. The van der Waals surface area contributed by atoms with Gasteiger partial charge in [-0.3, -0.25) is 4.79 Å². The van der Waals surface area contributed by atoms with Crippen molar-refractivity contribution in [1.29, 1.82) is 0 Å². The van der Waals surface area contributed by atoms with Gasteiger partial charge in [-0.1, -0.05) is 40.2 Å². The highest BCUT2D eigenvalue weighted by Crippen LogP contribution is 2.14. The Labute approximate surface area is 118 Å². The molecule has 5 heteroatoms. The summed E-state index contributed by atoms with van der Waals surface area (Å²) in [7, 11) is 0. The molecular formula is C14H11BrN2O2. The number of aromatic hydroxyl groups is 1. The second-order valence-electron chi connectivity index (χ2n) is 3.77. The zero-order valence-corrected chi connectivity index (χ0v) is 11.5. The number of phenolic OH excluding ortho intramolecular Hbond substituents is 1. The van der Waals surface area contributed by atoms with E-state index in [1.54, 1.807) is 12.1 Å². The van der Waals surface area contributed by atoms with Crippen molar-refractivity contribution < 1.29 is 9.90 Å². The Balaban J connectivity index is 2.01. The maximum Gasteiger partial charge on any atom is 0.275 e. The Morgan fingerprint density at radius 2 is 1.84 bits per heavy atom. The van der Waals surface area contributed by atoms with Crippen LogP contribution in [0.1, 0.15) is 15.9 Å². The van der Waals surface area contributed by atoms with Gasteiger partial charge in [-0.25, -0.2) is 5.43 Å². The number of hydrogen-bond donors (Lipinski definition) is 2. The molecule has 0 bridgehead atoms. The lowest BCUT2D eigenvalue weighted by atomic mass is 10.2. The first-order valence-corrected chi connectivity index (χ1v) is 6.33. The molecule has 2 aromatic carbocycles. The fourth-order valence-electron chi connectivity index (χ4n) is 1.44. The summed E-state index contributed by atoms with van der Waals surface area (Å²) in [5.41, 5.74) is 3.41. The number of halogens is 1. The minimum atomic E-state index is -0.452. The summed E-state index contributed by atoms with van der Waals surface area (Å²) in [5, 5.41) is 13.3. The lowest BCUT2D eigenvalue weighted by molar-refractivity contribution is 0.0952. The molecule has 0 aliphatic heterocycles. The normalized spacial score (nSPS) is 10.6. The van der Waals surface area contributed by atoms with Crippen LogP contribution in [0.15, 0.2) is 58.1 Å². The number of para-hydroxylation sites is 1. The molecule has 2 aromatic rings. The molecule has 0 aromatic heterocycles. The highest BCUT2D eigenvalue weighted by Gasteiger charge is 2.08. The second kappa shape index (κ2) is 6.15. The van der Waals surface area contributed by atoms with E-state index in [2.05, 4.69) is 26.5 Å². The van der Waals surface area contributed by atoms with Crippen molar-refractivity contribution >= 4 is 28.1 Å². The van der Waals surface area contributed by atoms with Crippen LogP contribution in [0.25, 0.3) is 0 Å². The zero-order chi connectivity index (χ0) is 13.7. The van der Waals surface area contributed by atoms with Gasteiger partial charge in [0.1, 0.15) is 5.75 Å². The molecule has 0 saturated heterocycles. The lowest BCUT2D eigenvalue weighted by Gasteiger charge is -2.01. The molecule has 4 nitrogen and oxygen atoms in total. The summed E-state index contributed by atoms with van der Waals surface area (Å²) in [4.78, 5) is 11.7. The minimum Gasteiger partial charge on any atom is -0.507 e. The van der Waals surface area contributed by atoms with E-state index in [0.29, 0.717) is 0 Å². The minimum absolute atomic E-state index is 0.0705. The van der Waals surface area contributed by atoms with Gasteiger partial charge in [-0.2, -0.15) is 5.10 Å². The number of carbonyl (C=O) groups excluding carboxylic acids is 1. The van der Waals surface area contributed by atoms with E-state index in [4.69, 9.17) is 0 Å². The molecule has 2 rings (SSSR count). The van der Waals surface area contributed by atoms with Crippen molar-refractivity contribution in [2.24, 2.45) is 5.10 Å². The Bertz CT molecular complexity index is 609. The average molecular weight is 319 g/mol. The Hall–Kier alpha value is -2.14. The van der Waals surface area contributed by atoms with E-state index in [9.17, 15) is 9.90 Å². The van der Waals surface area contributed by atoms with Gasteiger partial charge in [0, 0.05) is 4.47 Å². The largest absolute Gasteiger partial charge is 0.507 e. The number of nitrogens with one attached hydrogen (secondary N) is 1. The molecule has 0 heterocycles. The van der Waals surface area contributed by atoms with Gasteiger partial charge in [0.15, 0.2) is 0 Å². The highest BCUT2D eigenvalue weighted by atomic mass is 79.9. The van der Waals surface area contributed by atoms with E-state index < -0.39 is 5.91 Å². The summed E-state index contributed by atoms with van der Waals surface area (Å²) >= 11 is 3.33. The SMILES string of the molecule is O=C(N/N=C\c1ccc(Br)cc1)c1ccccc1O. The van der Waals surface area contributed by atoms with Gasteiger partial charge in [0.25, 0.3) is 5.91 Å². The van der Waals surface area contributed by atoms with Crippen LogP contribution in [0.3, 0.4) is 0 Å². The summed E-state index contributed by atoms with van der Waals surface area (Å²) in [5.74, 6) is -0.523. The van der Waals surface area contributed by atoms with Crippen molar-refractivity contribution in [2.75, 3.05) is 0 Å². The lowest BCUT2D eigenvalue weighted by Crippen LogP contribution is -2.17. The third-order valence-corrected chi connectivity index (χ3v) is 2.93. The monoisotopic (exact) mass is 318 g/mol. The van der Waals surface area contributed by atoms with E-state index in [0.717, 1.165) is 10.0 Å². The molecule has 0 radical (unpaired) electrons. The summed E-state index contributed by atoms with van der Waals surface area (Å²) in [6.45, 7) is 0. The molecule has 0 atom stereocenters. The van der Waals surface area contributed by atoms with Gasteiger partial charge in [0.05, 0.1) is 11.8 Å². The molecule has 0 aliphatic rings. The first kappa shape index (κ1) is 13.3. The number of carbonyl (C=O) groups is 1. The van der Waals surface area contributed by atoms with Gasteiger partial charge >= 0.3 is 0 Å². The number of amides is 1. The van der Waals surface area contributed by atoms with E-state index in [-0.39, 0.29) is 11.3 Å². The van der Waals surface area contributed by atoms with Crippen LogP contribution in [0, 0.1) is 0 Å². The number of nitrogens with zero attached hydrogens (tertiary/aromatic N) is 1. The molecule has 1 amide bonds. The highest BCUT2D eigenvalue weighted by molar-refractivity contribution is 9.10. The summed E-state index contributed by atoms with van der Waals surface area (Å²) in [6.07, 6.45) is 1.53. The van der Waals surface area contributed by atoms with Crippen LogP contribution in [-0.4, -0.2) is 17.2 Å². The maximum absolute atomic E-state index is 11.7. The first-order chi connectivity index (χ1) is 9.16. The molecule has 0 aliphatic carbocycles. The summed E-state index contributed by atoms with van der Waals surface area (Å²) < 4.78 is 0.975. The third kappa shape index (κ3) is 3.66. The number of rotatable bonds is 3. The Morgan fingerprint density at radius 3 is 2.53 bits per heavy atom. The van der Waals surface area contributed by atoms with E-state index >= 15 is 0 Å². The van der Waals surface area contributed by atoms with E-state index in [1.165, 1.54) is 18.3 Å². The van der Waals surface area contributed by atoms with Crippen molar-refractivity contribution in [2.45, 2.75) is 0 Å². The van der Waals surface area contributed by atoms with Crippen LogP contribution in [0.2, 0.25) is 0 Å². The van der Waals surface area contributed by atoms with Crippen LogP contribution in [-0.2, 0) is 0 Å². The van der Waals surface area contributed by atoms with Gasteiger partial charge in [-0.05, 0) is 29.8 Å². The van der Waals surface area contributed by atoms with Gasteiger partial charge in [0.2, 0.25) is 0 Å². The second-order valence-corrected chi connectivity index (χ2v) is 4.68. The predicted octanol–water partition coefficient (Wildman–Crippen LogP) is 2.92. The Morgan fingerprint density at radius 1 is 1.16 bits per heavy atom. The molecule has 0 saturated carbocycles. The zero-order valence-electron chi connectivity index (χ0n) is 9.88. The topological polar surface area (TPSA) is 61.7 Å². The third-order valence-electron chi connectivity index (χ3n) is 2.40. The number of hydrazone groups is 1. The fourth-order valence-corrected chi connectivity index (χ4v) is 1.70. The van der Waals surface area contributed by atoms with Gasteiger partial charge in [-0.15, -0.1) is 0 Å². The maximum atomic E-state index is 11.7. The van der Waals surface area contributed by atoms with Gasteiger partial charge < -0.3 is 5.11 Å². The summed E-state index contributed by atoms with van der Waals surface area (Å²) in [6, 6.07) is 13.8. The van der Waals surface area contributed by atoms with Crippen LogP contribution in [0.5, 0.6) is 5.75 Å². The molecule has 19 heavy (non-hydrogen) atoms. The van der Waals surface area contributed by atoms with Crippen LogP contribution in [0.4, 0.5) is 0 Å².